The van der Waals surface area contributed by atoms with Gasteiger partial charge in [-0.1, -0.05) is 37.8 Å². The number of nitrogens with one attached hydrogen (secondary N) is 2. The number of aryl methyl sites for hydroxylation is 1. The highest BCUT2D eigenvalue weighted by atomic mass is 35.5. The van der Waals surface area contributed by atoms with E-state index in [1.165, 1.54) is 6.92 Å². The van der Waals surface area contributed by atoms with Gasteiger partial charge in [0.25, 0.3) is 5.56 Å². The Bertz CT molecular complexity index is 1260. The van der Waals surface area contributed by atoms with E-state index < -0.39 is 17.7 Å². The first kappa shape index (κ1) is 28.1. The lowest BCUT2D eigenvalue weighted by Gasteiger charge is -2.26. The van der Waals surface area contributed by atoms with Gasteiger partial charge in [-0.3, -0.25) is 14.4 Å². The van der Waals surface area contributed by atoms with Crippen molar-refractivity contribution in [3.8, 4) is 0 Å². The topological polar surface area (TPSA) is 121 Å². The largest absolute Gasteiger partial charge is 0.443 e. The van der Waals surface area contributed by atoms with E-state index in [2.05, 4.69) is 15.3 Å². The van der Waals surface area contributed by atoms with Crippen molar-refractivity contribution in [2.45, 2.75) is 83.8 Å². The Hall–Kier alpha value is -2.94. The number of carbonyl (C=O) groups is 3. The molecule has 0 spiro atoms. The molecule has 1 aliphatic heterocycles. The van der Waals surface area contributed by atoms with E-state index in [1.54, 1.807) is 23.1 Å². The molecule has 1 aromatic heterocycles. The smallest absolute Gasteiger partial charge is 0.408 e. The van der Waals surface area contributed by atoms with E-state index in [0.29, 0.717) is 29.2 Å². The summed E-state index contributed by atoms with van der Waals surface area (Å²) < 4.78 is 5.63. The third kappa shape index (κ3) is 6.54. The van der Waals surface area contributed by atoms with Crippen LogP contribution >= 0.6 is 11.6 Å². The van der Waals surface area contributed by atoms with Gasteiger partial charge in [0.2, 0.25) is 5.91 Å². The van der Waals surface area contributed by atoms with Gasteiger partial charge in [0.15, 0.2) is 5.78 Å². The third-order valence-electron chi connectivity index (χ3n) is 8.04. The van der Waals surface area contributed by atoms with Crippen LogP contribution in [0.15, 0.2) is 23.0 Å². The van der Waals surface area contributed by atoms with Gasteiger partial charge >= 0.3 is 6.09 Å². The van der Waals surface area contributed by atoms with Gasteiger partial charge in [0.05, 0.1) is 17.1 Å². The summed E-state index contributed by atoms with van der Waals surface area (Å²) in [6.45, 7) is 5.83. The number of rotatable bonds is 11. The van der Waals surface area contributed by atoms with Crippen molar-refractivity contribution in [2.24, 2.45) is 11.8 Å². The monoisotopic (exact) mass is 544 g/mol. The molecule has 2 aliphatic rings. The van der Waals surface area contributed by atoms with E-state index in [0.717, 1.165) is 50.5 Å². The first-order valence-electron chi connectivity index (χ1n) is 13.6. The number of fused-ring (bicyclic) bond motifs is 1. The number of aromatic nitrogens is 2. The number of aromatic amines is 1. The van der Waals surface area contributed by atoms with Crippen LogP contribution in [0.25, 0.3) is 11.0 Å². The second kappa shape index (κ2) is 11.8. The molecule has 4 atom stereocenters. The zero-order valence-corrected chi connectivity index (χ0v) is 23.1. The first-order chi connectivity index (χ1) is 18.1. The molecule has 38 heavy (non-hydrogen) atoms. The number of halogens is 1. The fourth-order valence-electron chi connectivity index (χ4n) is 5.70. The second-order valence-corrected chi connectivity index (χ2v) is 11.3. The lowest BCUT2D eigenvalue weighted by Crippen LogP contribution is -2.47. The minimum absolute atomic E-state index is 0.00991. The number of Topliss-reactive ketones (excluding diaryl/α,β-unsaturated/α-hetero) is 1. The summed E-state index contributed by atoms with van der Waals surface area (Å²) in [5.41, 5.74) is 1.18. The molecule has 2 amide bonds. The quantitative estimate of drug-likeness (QED) is 0.404. The van der Waals surface area contributed by atoms with Gasteiger partial charge in [-0.15, -0.1) is 0 Å². The standard InChI is InChI=1S/C28H37ClN4O5/c1-4-18-12-13-33(25(18)17(2)34)24(35)16-30-27(37)38-28(3)15-19(28)8-6-5-7-9-22-26(36)32-23-14-20(29)10-11-21(23)31-22/h10-11,14,18-19,25H,4-9,12-13,15-16H2,1-3H3,(H,30,37)(H,32,36)/t18-,19-,25-,28?/m1/s1. The summed E-state index contributed by atoms with van der Waals surface area (Å²) in [5, 5.41) is 3.13. The minimum Gasteiger partial charge on any atom is -0.443 e. The Morgan fingerprint density at radius 1 is 1.26 bits per heavy atom. The van der Waals surface area contributed by atoms with E-state index >= 15 is 0 Å². The molecule has 1 unspecified atom stereocenters. The molecule has 1 aromatic carbocycles. The highest BCUT2D eigenvalue weighted by Crippen LogP contribution is 2.49. The predicted octanol–water partition coefficient (Wildman–Crippen LogP) is 4.40. The predicted molar refractivity (Wildman–Crippen MR) is 145 cm³/mol. The van der Waals surface area contributed by atoms with Crippen LogP contribution in [0.1, 0.15) is 71.4 Å². The van der Waals surface area contributed by atoms with Crippen LogP contribution in [0.3, 0.4) is 0 Å². The number of unbranched alkanes of at least 4 members (excludes halogenated alkanes) is 2. The van der Waals surface area contributed by atoms with Gasteiger partial charge in [-0.05, 0) is 70.1 Å². The van der Waals surface area contributed by atoms with Crippen molar-refractivity contribution in [1.82, 2.24) is 20.2 Å². The summed E-state index contributed by atoms with van der Waals surface area (Å²) in [4.78, 5) is 58.3. The van der Waals surface area contributed by atoms with E-state index in [4.69, 9.17) is 16.3 Å². The molecule has 4 rings (SSSR count). The number of alkyl carbamates (subject to hydrolysis) is 1. The summed E-state index contributed by atoms with van der Waals surface area (Å²) in [6, 6.07) is 4.85. The Kier molecular flexibility index (Phi) is 8.75. The molecule has 0 bridgehead atoms. The average molecular weight is 545 g/mol. The van der Waals surface area contributed by atoms with Crippen LogP contribution in [0.4, 0.5) is 4.79 Å². The van der Waals surface area contributed by atoms with E-state index in [1.807, 2.05) is 13.8 Å². The van der Waals surface area contributed by atoms with Crippen molar-refractivity contribution in [3.63, 3.8) is 0 Å². The van der Waals surface area contributed by atoms with Gasteiger partial charge in [-0.25, -0.2) is 9.78 Å². The van der Waals surface area contributed by atoms with Crippen molar-refractivity contribution < 1.29 is 19.1 Å². The number of amides is 2. The number of benzene rings is 1. The normalized spacial score (nSPS) is 24.4. The Morgan fingerprint density at radius 3 is 2.79 bits per heavy atom. The second-order valence-electron chi connectivity index (χ2n) is 10.8. The number of hydrogen-bond acceptors (Lipinski definition) is 6. The fraction of sp³-hybridized carbons (Fsp3) is 0.607. The SMILES string of the molecule is CC[C@@H]1CCN(C(=O)CNC(=O)OC2(C)C[C@H]2CCCCCc2nc3ccc(Cl)cc3[nH]c2=O)[C@@H]1C(C)=O. The zero-order valence-electron chi connectivity index (χ0n) is 22.3. The molecule has 0 radical (unpaired) electrons. The van der Waals surface area contributed by atoms with E-state index in [-0.39, 0.29) is 35.6 Å². The lowest BCUT2D eigenvalue weighted by molar-refractivity contribution is -0.137. The number of ether oxygens (including phenoxy) is 1. The molecule has 1 saturated carbocycles. The number of H-pyrrole nitrogens is 1. The van der Waals surface area contributed by atoms with Gasteiger partial charge in [-0.2, -0.15) is 0 Å². The minimum atomic E-state index is -0.600. The van der Waals surface area contributed by atoms with Crippen LogP contribution in [-0.4, -0.2) is 57.4 Å². The molecule has 206 valence electrons. The molecule has 10 heteroatoms. The Balaban J connectivity index is 1.14. The molecule has 2 aromatic rings. The van der Waals surface area contributed by atoms with Crippen molar-refractivity contribution >= 4 is 40.4 Å². The summed E-state index contributed by atoms with van der Waals surface area (Å²) >= 11 is 5.98. The van der Waals surface area contributed by atoms with Crippen LogP contribution in [0.2, 0.25) is 5.02 Å². The summed E-state index contributed by atoms with van der Waals surface area (Å²) in [5.74, 6) is 0.198. The molecular weight excluding hydrogens is 508 g/mol. The molecule has 1 aliphatic carbocycles. The van der Waals surface area contributed by atoms with Crippen LogP contribution in [0, 0.1) is 11.8 Å². The number of carbonyl (C=O) groups excluding carboxylic acids is 3. The summed E-state index contributed by atoms with van der Waals surface area (Å²) in [6.07, 6.45) is 6.12. The maximum atomic E-state index is 12.6. The first-order valence-corrected chi connectivity index (χ1v) is 13.9. The van der Waals surface area contributed by atoms with E-state index in [9.17, 15) is 19.2 Å². The van der Waals surface area contributed by atoms with Crippen LogP contribution in [-0.2, 0) is 20.7 Å². The van der Waals surface area contributed by atoms with Gasteiger partial charge in [0, 0.05) is 17.5 Å². The molecule has 2 N–H and O–H groups in total. The number of likely N-dealkylation sites (tertiary alicyclic amines) is 1. The summed E-state index contributed by atoms with van der Waals surface area (Å²) in [7, 11) is 0. The van der Waals surface area contributed by atoms with Gasteiger partial charge < -0.3 is 19.9 Å². The third-order valence-corrected chi connectivity index (χ3v) is 8.27. The number of nitrogens with zero attached hydrogens (tertiary/aromatic N) is 2. The highest BCUT2D eigenvalue weighted by Gasteiger charge is 2.53. The molecule has 9 nitrogen and oxygen atoms in total. The molecule has 1 saturated heterocycles. The highest BCUT2D eigenvalue weighted by molar-refractivity contribution is 6.31. The number of ketones is 1. The molecule has 2 heterocycles. The van der Waals surface area contributed by atoms with Crippen molar-refractivity contribution in [2.75, 3.05) is 13.1 Å². The molecular formula is C28H37ClN4O5. The molecule has 2 fully saturated rings. The average Bonchev–Trinajstić information content (AvgIpc) is 3.29. The van der Waals surface area contributed by atoms with Crippen LogP contribution < -0.4 is 10.9 Å². The van der Waals surface area contributed by atoms with Crippen molar-refractivity contribution in [3.05, 3.63) is 39.3 Å². The van der Waals surface area contributed by atoms with Crippen molar-refractivity contribution in [1.29, 1.82) is 0 Å². The Morgan fingerprint density at radius 2 is 2.05 bits per heavy atom. The maximum Gasteiger partial charge on any atom is 0.408 e. The van der Waals surface area contributed by atoms with Gasteiger partial charge in [0.1, 0.15) is 17.8 Å². The Labute approximate surface area is 227 Å². The number of hydrogen-bond donors (Lipinski definition) is 2. The maximum absolute atomic E-state index is 12.6. The van der Waals surface area contributed by atoms with Crippen LogP contribution in [0.5, 0.6) is 0 Å². The zero-order chi connectivity index (χ0) is 27.4. The lowest BCUT2D eigenvalue weighted by atomic mass is 9.95. The fourth-order valence-corrected chi connectivity index (χ4v) is 5.87.